The molecule has 2 aromatic carbocycles. The van der Waals surface area contributed by atoms with Gasteiger partial charge in [0.05, 0.1) is 30.7 Å². The van der Waals surface area contributed by atoms with Crippen molar-refractivity contribution in [2.75, 3.05) is 31.4 Å². The van der Waals surface area contributed by atoms with E-state index in [4.69, 9.17) is 4.74 Å². The number of hydrogen-bond acceptors (Lipinski definition) is 6. The van der Waals surface area contributed by atoms with Crippen LogP contribution in [0.3, 0.4) is 0 Å². The Bertz CT molecular complexity index is 1300. The molecular formula is C21H21F2N5O4. The summed E-state index contributed by atoms with van der Waals surface area (Å²) < 4.78 is 34.8. The van der Waals surface area contributed by atoms with Gasteiger partial charge in [-0.2, -0.15) is 4.68 Å². The van der Waals surface area contributed by atoms with Gasteiger partial charge >= 0.3 is 11.2 Å². The Kier molecular flexibility index (Phi) is 6.37. The number of nitrogens with one attached hydrogen (secondary N) is 1. The molecule has 0 bridgehead atoms. The maximum atomic E-state index is 14.0. The van der Waals surface area contributed by atoms with Gasteiger partial charge in [0.15, 0.2) is 0 Å². The van der Waals surface area contributed by atoms with Gasteiger partial charge in [0.25, 0.3) is 5.88 Å². The monoisotopic (exact) mass is 445 g/mol. The fraction of sp³-hybridized carbons (Fsp3) is 0.238. The SMILES string of the molecule is COc1nn(-c2ccc(F)c(NC(C)=O)c2)c(=O)n(Cc2ccc(F)c(N(C)C)c2)c1=O. The van der Waals surface area contributed by atoms with Crippen molar-refractivity contribution in [3.8, 4) is 11.6 Å². The number of amides is 1. The minimum atomic E-state index is -0.827. The number of aromatic nitrogens is 3. The summed E-state index contributed by atoms with van der Waals surface area (Å²) in [5.41, 5.74) is -0.891. The van der Waals surface area contributed by atoms with Crippen LogP contribution in [0.5, 0.6) is 5.88 Å². The zero-order valence-corrected chi connectivity index (χ0v) is 17.8. The van der Waals surface area contributed by atoms with Crippen LogP contribution in [0.2, 0.25) is 0 Å². The third-order valence-corrected chi connectivity index (χ3v) is 4.56. The van der Waals surface area contributed by atoms with Crippen molar-refractivity contribution in [3.63, 3.8) is 0 Å². The lowest BCUT2D eigenvalue weighted by molar-refractivity contribution is -0.114. The van der Waals surface area contributed by atoms with Crippen molar-refractivity contribution in [3.05, 3.63) is 74.4 Å². The molecule has 3 rings (SSSR count). The van der Waals surface area contributed by atoms with Gasteiger partial charge in [-0.1, -0.05) is 6.07 Å². The molecule has 1 N–H and O–H groups in total. The minimum Gasteiger partial charge on any atom is -0.476 e. The highest BCUT2D eigenvalue weighted by molar-refractivity contribution is 5.89. The first-order chi connectivity index (χ1) is 15.1. The normalized spacial score (nSPS) is 10.7. The van der Waals surface area contributed by atoms with Crippen molar-refractivity contribution < 1.29 is 18.3 Å². The molecule has 11 heteroatoms. The highest BCUT2D eigenvalue weighted by atomic mass is 19.1. The quantitative estimate of drug-likeness (QED) is 0.621. The molecule has 32 heavy (non-hydrogen) atoms. The number of ether oxygens (including phenoxy) is 1. The summed E-state index contributed by atoms with van der Waals surface area (Å²) in [5, 5.41) is 6.24. The fourth-order valence-corrected chi connectivity index (χ4v) is 3.04. The number of carbonyl (C=O) groups is 1. The predicted octanol–water partition coefficient (Wildman–Crippen LogP) is 1.75. The van der Waals surface area contributed by atoms with Crippen molar-refractivity contribution in [2.24, 2.45) is 0 Å². The number of methoxy groups -OCH3 is 1. The number of carbonyl (C=O) groups excluding carboxylic acids is 1. The molecule has 0 aliphatic rings. The van der Waals surface area contributed by atoms with Crippen LogP contribution in [0.15, 0.2) is 46.0 Å². The van der Waals surface area contributed by atoms with E-state index in [1.807, 2.05) is 0 Å². The molecule has 0 radical (unpaired) electrons. The van der Waals surface area contributed by atoms with Crippen LogP contribution in [-0.2, 0) is 11.3 Å². The first-order valence-corrected chi connectivity index (χ1v) is 9.43. The Labute approximate surface area is 181 Å². The summed E-state index contributed by atoms with van der Waals surface area (Å²) in [6.45, 7) is 1.03. The van der Waals surface area contributed by atoms with E-state index in [0.717, 1.165) is 15.3 Å². The third-order valence-electron chi connectivity index (χ3n) is 4.56. The van der Waals surface area contributed by atoms with E-state index in [2.05, 4.69) is 10.4 Å². The summed E-state index contributed by atoms with van der Waals surface area (Å²) in [6, 6.07) is 7.75. The molecular weight excluding hydrogens is 424 g/mol. The molecule has 0 saturated heterocycles. The first-order valence-electron chi connectivity index (χ1n) is 9.43. The molecule has 0 saturated carbocycles. The lowest BCUT2D eigenvalue weighted by Gasteiger charge is -2.16. The van der Waals surface area contributed by atoms with Crippen LogP contribution in [0.1, 0.15) is 12.5 Å². The van der Waals surface area contributed by atoms with Gasteiger partial charge in [-0.15, -0.1) is 5.10 Å². The van der Waals surface area contributed by atoms with Crippen LogP contribution in [0.4, 0.5) is 20.2 Å². The maximum Gasteiger partial charge on any atom is 0.352 e. The van der Waals surface area contributed by atoms with Gasteiger partial charge < -0.3 is 15.0 Å². The number of anilines is 2. The molecule has 0 atom stereocenters. The Morgan fingerprint density at radius 3 is 2.44 bits per heavy atom. The van der Waals surface area contributed by atoms with Gasteiger partial charge in [0, 0.05) is 21.0 Å². The Balaban J connectivity index is 2.16. The molecule has 1 aromatic heterocycles. The summed E-state index contributed by atoms with van der Waals surface area (Å²) >= 11 is 0. The van der Waals surface area contributed by atoms with Crippen LogP contribution in [0.25, 0.3) is 5.69 Å². The van der Waals surface area contributed by atoms with E-state index in [0.29, 0.717) is 5.56 Å². The lowest BCUT2D eigenvalue weighted by Crippen LogP contribution is -2.41. The molecule has 9 nitrogen and oxygen atoms in total. The van der Waals surface area contributed by atoms with E-state index in [9.17, 15) is 23.2 Å². The van der Waals surface area contributed by atoms with Gasteiger partial charge in [0.2, 0.25) is 5.91 Å². The van der Waals surface area contributed by atoms with Crippen molar-refractivity contribution in [1.82, 2.24) is 14.3 Å². The number of hydrogen-bond donors (Lipinski definition) is 1. The largest absolute Gasteiger partial charge is 0.476 e. The molecule has 0 aliphatic carbocycles. The second kappa shape index (κ2) is 9.00. The van der Waals surface area contributed by atoms with Crippen LogP contribution >= 0.6 is 0 Å². The van der Waals surface area contributed by atoms with Crippen molar-refractivity contribution in [2.45, 2.75) is 13.5 Å². The second-order valence-electron chi connectivity index (χ2n) is 7.12. The topological polar surface area (TPSA) is 98.5 Å². The Morgan fingerprint density at radius 2 is 1.81 bits per heavy atom. The second-order valence-corrected chi connectivity index (χ2v) is 7.12. The van der Waals surface area contributed by atoms with Gasteiger partial charge in [0.1, 0.15) is 11.6 Å². The Morgan fingerprint density at radius 1 is 1.12 bits per heavy atom. The number of nitrogens with zero attached hydrogens (tertiary/aromatic N) is 4. The molecule has 1 heterocycles. The minimum absolute atomic E-state index is 0.0975. The van der Waals surface area contributed by atoms with Crippen LogP contribution in [0, 0.1) is 11.6 Å². The van der Waals surface area contributed by atoms with Crippen LogP contribution in [-0.4, -0.2) is 41.5 Å². The average molecular weight is 445 g/mol. The standard InChI is InChI=1S/C21H21F2N5O4/c1-12(29)24-17-10-14(6-8-15(17)22)28-21(31)27(20(30)19(25-28)32-4)11-13-5-7-16(23)18(9-13)26(2)3/h5-10H,11H2,1-4H3,(H,24,29). The fourth-order valence-electron chi connectivity index (χ4n) is 3.04. The third kappa shape index (κ3) is 4.51. The van der Waals surface area contributed by atoms with E-state index < -0.39 is 28.8 Å². The van der Waals surface area contributed by atoms with E-state index in [-0.39, 0.29) is 29.5 Å². The van der Waals surface area contributed by atoms with E-state index >= 15 is 0 Å². The zero-order valence-electron chi connectivity index (χ0n) is 17.8. The summed E-state index contributed by atoms with van der Waals surface area (Å²) in [7, 11) is 4.55. The van der Waals surface area contributed by atoms with E-state index in [1.165, 1.54) is 44.4 Å². The molecule has 0 spiro atoms. The summed E-state index contributed by atoms with van der Waals surface area (Å²) in [5.74, 6) is -2.03. The lowest BCUT2D eigenvalue weighted by atomic mass is 10.2. The molecule has 168 valence electrons. The predicted molar refractivity (Wildman–Crippen MR) is 115 cm³/mol. The smallest absolute Gasteiger partial charge is 0.352 e. The highest BCUT2D eigenvalue weighted by Crippen LogP contribution is 2.20. The average Bonchev–Trinajstić information content (AvgIpc) is 2.73. The zero-order chi connectivity index (χ0) is 23.6. The van der Waals surface area contributed by atoms with Gasteiger partial charge in [-0.3, -0.25) is 9.59 Å². The molecule has 1 amide bonds. The number of benzene rings is 2. The molecule has 0 aliphatic heterocycles. The first kappa shape index (κ1) is 22.7. The van der Waals surface area contributed by atoms with Crippen LogP contribution < -0.4 is 26.2 Å². The Hall–Kier alpha value is -4.02. The summed E-state index contributed by atoms with van der Waals surface area (Å²) in [4.78, 5) is 38.7. The van der Waals surface area contributed by atoms with E-state index in [1.54, 1.807) is 19.0 Å². The molecule has 0 unspecified atom stereocenters. The van der Waals surface area contributed by atoms with Crippen molar-refractivity contribution >= 4 is 17.3 Å². The highest BCUT2D eigenvalue weighted by Gasteiger charge is 2.17. The maximum absolute atomic E-state index is 14.0. The molecule has 0 fully saturated rings. The van der Waals surface area contributed by atoms with Crippen molar-refractivity contribution in [1.29, 1.82) is 0 Å². The number of rotatable bonds is 6. The van der Waals surface area contributed by atoms with Gasteiger partial charge in [-0.05, 0) is 35.9 Å². The number of halogens is 2. The summed E-state index contributed by atoms with van der Waals surface area (Å²) in [6.07, 6.45) is 0. The van der Waals surface area contributed by atoms with Gasteiger partial charge in [-0.25, -0.2) is 18.1 Å². The molecule has 3 aromatic rings.